The number of Topliss-reactive ketones (excluding diaryl/α,β-unsaturated/α-hetero) is 2. The van der Waals surface area contributed by atoms with Gasteiger partial charge in [-0.2, -0.15) is 0 Å². The predicted octanol–water partition coefficient (Wildman–Crippen LogP) is 1.54. The second-order valence-corrected chi connectivity index (χ2v) is 11.0. The topological polar surface area (TPSA) is 190 Å². The minimum atomic E-state index is -2.61. The number of aliphatic hydroxyl groups excluding tert-OH is 2. The van der Waals surface area contributed by atoms with E-state index in [1.807, 2.05) is 19.0 Å². The number of aliphatic hydroxyl groups is 3. The number of phenolic OH excluding ortho intramolecular Hbond substituents is 1. The summed E-state index contributed by atoms with van der Waals surface area (Å²) in [7, 11) is 3.82. The SMILES string of the molecule is CN(C)CCNC(=O)c1ccc(-c2ccc(O)c3c2C[C@H]2CC4CC(O)=C(C(N)=O)C(=O)[C@@]4(O)C(O)=C2C3=O)cc1. The highest BCUT2D eigenvalue weighted by atomic mass is 16.3. The largest absolute Gasteiger partial charge is 0.511 e. The van der Waals surface area contributed by atoms with Gasteiger partial charge in [-0.05, 0) is 67.7 Å². The number of hydrogen-bond acceptors (Lipinski definition) is 9. The third kappa shape index (κ3) is 4.47. The maximum absolute atomic E-state index is 13.8. The van der Waals surface area contributed by atoms with Gasteiger partial charge < -0.3 is 36.4 Å². The lowest BCUT2D eigenvalue weighted by molar-refractivity contribution is -0.144. The molecule has 0 saturated carbocycles. The summed E-state index contributed by atoms with van der Waals surface area (Å²) < 4.78 is 0. The van der Waals surface area contributed by atoms with Gasteiger partial charge in [0, 0.05) is 36.6 Å². The maximum atomic E-state index is 13.8. The van der Waals surface area contributed by atoms with E-state index in [9.17, 15) is 39.6 Å². The van der Waals surface area contributed by atoms with E-state index in [2.05, 4.69) is 5.32 Å². The van der Waals surface area contributed by atoms with Crippen molar-refractivity contribution < 1.29 is 39.6 Å². The van der Waals surface area contributed by atoms with E-state index in [1.165, 1.54) is 6.07 Å². The van der Waals surface area contributed by atoms with Gasteiger partial charge in [0.25, 0.3) is 11.8 Å². The number of carbonyl (C=O) groups is 4. The normalized spacial score (nSPS) is 23.7. The number of fused-ring (bicyclic) bond motifs is 3. The average Bonchev–Trinajstić information content (AvgIpc) is 2.90. The van der Waals surface area contributed by atoms with Crippen LogP contribution in [0.15, 0.2) is 59.1 Å². The van der Waals surface area contributed by atoms with E-state index in [0.29, 0.717) is 35.3 Å². The summed E-state index contributed by atoms with van der Waals surface area (Å²) in [5.41, 5.74) is 3.86. The van der Waals surface area contributed by atoms with Gasteiger partial charge in [0.1, 0.15) is 22.8 Å². The molecule has 0 radical (unpaired) electrons. The number of aromatic hydroxyl groups is 1. The Morgan fingerprint density at radius 3 is 2.37 bits per heavy atom. The fourth-order valence-electron chi connectivity index (χ4n) is 6.19. The summed E-state index contributed by atoms with van der Waals surface area (Å²) in [5.74, 6) is -6.91. The zero-order valence-electron chi connectivity index (χ0n) is 22.6. The number of likely N-dealkylation sites (N-methyl/N-ethyl adjacent to an activating group) is 1. The third-order valence-electron chi connectivity index (χ3n) is 8.25. The number of carbonyl (C=O) groups excluding carboxylic acids is 4. The Morgan fingerprint density at radius 2 is 1.73 bits per heavy atom. The highest BCUT2D eigenvalue weighted by Gasteiger charge is 2.59. The smallest absolute Gasteiger partial charge is 0.255 e. The molecule has 1 unspecified atom stereocenters. The number of hydrogen-bond donors (Lipinski definition) is 6. The zero-order valence-corrected chi connectivity index (χ0v) is 22.6. The average molecular weight is 562 g/mol. The number of ketones is 2. The van der Waals surface area contributed by atoms with Gasteiger partial charge in [-0.25, -0.2) is 0 Å². The van der Waals surface area contributed by atoms with Crippen LogP contribution in [0, 0.1) is 11.8 Å². The molecule has 3 aliphatic carbocycles. The molecule has 2 aromatic rings. The lowest BCUT2D eigenvalue weighted by atomic mass is 9.60. The first kappa shape index (κ1) is 28.1. The molecule has 5 rings (SSSR count). The van der Waals surface area contributed by atoms with Gasteiger partial charge >= 0.3 is 0 Å². The quantitative estimate of drug-likeness (QED) is 0.284. The number of phenols is 1. The Labute approximate surface area is 235 Å². The lowest BCUT2D eigenvalue weighted by Crippen LogP contribution is -2.57. The van der Waals surface area contributed by atoms with E-state index < -0.39 is 52.0 Å². The Hall–Kier alpha value is -4.48. The van der Waals surface area contributed by atoms with Gasteiger partial charge in [0.15, 0.2) is 11.4 Å². The van der Waals surface area contributed by atoms with E-state index in [-0.39, 0.29) is 42.1 Å². The first-order valence-corrected chi connectivity index (χ1v) is 13.2. The predicted molar refractivity (Wildman–Crippen MR) is 147 cm³/mol. The summed E-state index contributed by atoms with van der Waals surface area (Å²) in [6, 6.07) is 9.84. The number of nitrogens with two attached hydrogens (primary N) is 1. The van der Waals surface area contributed by atoms with Crippen LogP contribution < -0.4 is 11.1 Å². The van der Waals surface area contributed by atoms with Crippen LogP contribution in [-0.4, -0.2) is 81.5 Å². The van der Waals surface area contributed by atoms with Crippen molar-refractivity contribution in [3.63, 3.8) is 0 Å². The second kappa shape index (κ2) is 10.2. The Balaban J connectivity index is 1.52. The molecule has 0 fully saturated rings. The summed E-state index contributed by atoms with van der Waals surface area (Å²) in [6.07, 6.45) is -0.0602. The number of allylic oxidation sites excluding steroid dienone is 2. The number of nitrogens with zero attached hydrogens (tertiary/aromatic N) is 1. The van der Waals surface area contributed by atoms with Crippen molar-refractivity contribution in [3.05, 3.63) is 75.8 Å². The first-order valence-electron chi connectivity index (χ1n) is 13.2. The Morgan fingerprint density at radius 1 is 1.05 bits per heavy atom. The summed E-state index contributed by atoms with van der Waals surface area (Å²) in [6.45, 7) is 1.18. The van der Waals surface area contributed by atoms with Crippen molar-refractivity contribution in [2.45, 2.75) is 24.9 Å². The summed E-state index contributed by atoms with van der Waals surface area (Å²) in [4.78, 5) is 53.1. The minimum absolute atomic E-state index is 0.0457. The molecule has 41 heavy (non-hydrogen) atoms. The van der Waals surface area contributed by atoms with Crippen LogP contribution in [0.5, 0.6) is 5.75 Å². The highest BCUT2D eigenvalue weighted by Crippen LogP contribution is 2.52. The van der Waals surface area contributed by atoms with Crippen LogP contribution in [0.1, 0.15) is 39.1 Å². The van der Waals surface area contributed by atoms with Crippen LogP contribution in [0.2, 0.25) is 0 Å². The van der Waals surface area contributed by atoms with Crippen molar-refractivity contribution in [1.82, 2.24) is 10.2 Å². The molecule has 3 atom stereocenters. The van der Waals surface area contributed by atoms with Gasteiger partial charge in [0.2, 0.25) is 5.78 Å². The zero-order chi connectivity index (χ0) is 29.8. The molecule has 2 amide bonds. The Bertz CT molecular complexity index is 1560. The number of rotatable bonds is 6. The molecule has 0 heterocycles. The van der Waals surface area contributed by atoms with Crippen LogP contribution in [-0.2, 0) is 16.0 Å². The standard InChI is InChI=1S/C30H31N3O8/c1-33(2)10-9-32-29(40)15-5-3-14(4-6-15)18-7-8-20(34)23-19(18)12-16-11-17-13-21(35)24(28(31)39)27(38)30(17,41)26(37)22(16)25(23)36/h3-8,16-17,34-35,37,41H,9-13H2,1-2H3,(H2,31,39)(H,32,40)/t16-,17?,30+/m1/s1. The molecule has 214 valence electrons. The van der Waals surface area contributed by atoms with Crippen LogP contribution in [0.3, 0.4) is 0 Å². The molecular formula is C30H31N3O8. The second-order valence-electron chi connectivity index (χ2n) is 11.0. The van der Waals surface area contributed by atoms with Crippen molar-refractivity contribution in [2.75, 3.05) is 27.2 Å². The fraction of sp³-hybridized carbons (Fsp3) is 0.333. The van der Waals surface area contributed by atoms with Crippen molar-refractivity contribution in [1.29, 1.82) is 0 Å². The monoisotopic (exact) mass is 561 g/mol. The molecule has 7 N–H and O–H groups in total. The molecule has 11 nitrogen and oxygen atoms in total. The lowest BCUT2D eigenvalue weighted by Gasteiger charge is -2.45. The maximum Gasteiger partial charge on any atom is 0.255 e. The Kier molecular flexibility index (Phi) is 6.96. The number of benzene rings is 2. The molecule has 2 aromatic carbocycles. The van der Waals surface area contributed by atoms with Gasteiger partial charge in [-0.1, -0.05) is 18.2 Å². The van der Waals surface area contributed by atoms with Gasteiger partial charge in [-0.3, -0.25) is 19.2 Å². The van der Waals surface area contributed by atoms with E-state index in [1.54, 1.807) is 30.3 Å². The molecule has 0 saturated heterocycles. The molecule has 0 aliphatic heterocycles. The molecule has 0 spiro atoms. The molecular weight excluding hydrogens is 530 g/mol. The van der Waals surface area contributed by atoms with Crippen LogP contribution in [0.25, 0.3) is 11.1 Å². The fourth-order valence-corrected chi connectivity index (χ4v) is 6.19. The molecule has 3 aliphatic rings. The van der Waals surface area contributed by atoms with Gasteiger partial charge in [-0.15, -0.1) is 0 Å². The van der Waals surface area contributed by atoms with E-state index in [4.69, 9.17) is 5.73 Å². The first-order chi connectivity index (χ1) is 19.4. The van der Waals surface area contributed by atoms with E-state index >= 15 is 0 Å². The van der Waals surface area contributed by atoms with Crippen LogP contribution in [0.4, 0.5) is 0 Å². The van der Waals surface area contributed by atoms with E-state index in [0.717, 1.165) is 0 Å². The molecule has 0 aromatic heterocycles. The summed E-state index contributed by atoms with van der Waals surface area (Å²) >= 11 is 0. The highest BCUT2D eigenvalue weighted by molar-refractivity contribution is 6.24. The number of amides is 2. The van der Waals surface area contributed by atoms with Crippen molar-refractivity contribution in [2.24, 2.45) is 17.6 Å². The van der Waals surface area contributed by atoms with Crippen LogP contribution >= 0.6 is 0 Å². The third-order valence-corrected chi connectivity index (χ3v) is 8.25. The molecule has 0 bridgehead atoms. The number of primary amides is 1. The minimum Gasteiger partial charge on any atom is -0.511 e. The van der Waals surface area contributed by atoms with Gasteiger partial charge in [0.05, 0.1) is 5.56 Å². The summed E-state index contributed by atoms with van der Waals surface area (Å²) in [5, 5.41) is 46.4. The number of nitrogens with one attached hydrogen (secondary N) is 1. The van der Waals surface area contributed by atoms with Crippen molar-refractivity contribution in [3.8, 4) is 16.9 Å². The molecule has 11 heteroatoms. The van der Waals surface area contributed by atoms with Crippen molar-refractivity contribution >= 4 is 23.4 Å².